The van der Waals surface area contributed by atoms with Gasteiger partial charge in [0.15, 0.2) is 5.76 Å². The lowest BCUT2D eigenvalue weighted by atomic mass is 10.1. The van der Waals surface area contributed by atoms with Gasteiger partial charge in [0.25, 0.3) is 0 Å². The van der Waals surface area contributed by atoms with Crippen molar-refractivity contribution in [2.24, 2.45) is 0 Å². The van der Waals surface area contributed by atoms with Gasteiger partial charge in [-0.05, 0) is 5.56 Å². The van der Waals surface area contributed by atoms with Crippen LogP contribution < -0.4 is 5.32 Å². The first kappa shape index (κ1) is 16.6. The molecule has 0 aliphatic rings. The number of rotatable bonds is 5. The molecule has 0 amide bonds. The van der Waals surface area contributed by atoms with Crippen LogP contribution in [0.3, 0.4) is 0 Å². The van der Waals surface area contributed by atoms with Crippen LogP contribution in [0.25, 0.3) is 22.4 Å². The van der Waals surface area contributed by atoms with Crippen LogP contribution in [0.5, 0.6) is 0 Å². The van der Waals surface area contributed by atoms with E-state index in [0.717, 1.165) is 11.1 Å². The second-order valence-electron chi connectivity index (χ2n) is 5.80. The van der Waals surface area contributed by atoms with E-state index in [9.17, 15) is 5.11 Å². The van der Waals surface area contributed by atoms with Crippen molar-refractivity contribution in [2.75, 3.05) is 11.9 Å². The Morgan fingerprint density at radius 2 is 1.69 bits per heavy atom. The molecular formula is C20H16ClN3O2. The number of nitrogens with zero attached hydrogens (tertiary/aromatic N) is 2. The normalized spacial score (nSPS) is 12.2. The summed E-state index contributed by atoms with van der Waals surface area (Å²) in [7, 11) is 0. The molecule has 0 saturated carbocycles. The molecule has 2 aromatic heterocycles. The van der Waals surface area contributed by atoms with Gasteiger partial charge in [0.2, 0.25) is 5.71 Å². The number of benzene rings is 2. The average molecular weight is 366 g/mol. The van der Waals surface area contributed by atoms with Crippen LogP contribution >= 0.6 is 11.6 Å². The summed E-state index contributed by atoms with van der Waals surface area (Å²) < 4.78 is 5.86. The predicted octanol–water partition coefficient (Wildman–Crippen LogP) is 4.69. The van der Waals surface area contributed by atoms with E-state index in [4.69, 9.17) is 16.0 Å². The molecule has 0 unspecified atom stereocenters. The SMILES string of the molecule is OC[C@@H](Nc1ncnc2oc(-c3ccccc3)c(Cl)c12)c1ccccc1. The number of aliphatic hydroxyl groups is 1. The standard InChI is InChI=1S/C20H16ClN3O2/c21-17-16-19(24-15(11-25)13-7-3-1-4-8-13)22-12-23-20(16)26-18(17)14-9-5-2-6-10-14/h1-10,12,15,25H,11H2,(H,22,23,24)/t15-/m1/s1. The summed E-state index contributed by atoms with van der Waals surface area (Å²) in [4.78, 5) is 8.50. The van der Waals surface area contributed by atoms with Gasteiger partial charge in [-0.15, -0.1) is 0 Å². The topological polar surface area (TPSA) is 71.2 Å². The van der Waals surface area contributed by atoms with Crippen molar-refractivity contribution in [1.82, 2.24) is 9.97 Å². The van der Waals surface area contributed by atoms with Gasteiger partial charge in [0.05, 0.1) is 12.6 Å². The fourth-order valence-electron chi connectivity index (χ4n) is 2.87. The third-order valence-electron chi connectivity index (χ3n) is 4.16. The third-order valence-corrected chi connectivity index (χ3v) is 4.52. The maximum Gasteiger partial charge on any atom is 0.233 e. The number of furan rings is 1. The number of anilines is 1. The molecule has 0 radical (unpaired) electrons. The fraction of sp³-hybridized carbons (Fsp3) is 0.100. The molecule has 2 heterocycles. The Morgan fingerprint density at radius 1 is 1.00 bits per heavy atom. The van der Waals surface area contributed by atoms with Crippen molar-refractivity contribution in [3.8, 4) is 11.3 Å². The van der Waals surface area contributed by atoms with Crippen LogP contribution in [0.4, 0.5) is 5.82 Å². The van der Waals surface area contributed by atoms with Crippen LogP contribution in [0.15, 0.2) is 71.4 Å². The van der Waals surface area contributed by atoms with Crippen molar-refractivity contribution in [3.63, 3.8) is 0 Å². The summed E-state index contributed by atoms with van der Waals surface area (Å²) in [5.41, 5.74) is 2.21. The van der Waals surface area contributed by atoms with Gasteiger partial charge in [0.1, 0.15) is 22.6 Å². The Hall–Kier alpha value is -2.89. The molecule has 0 fully saturated rings. The highest BCUT2D eigenvalue weighted by molar-refractivity contribution is 6.38. The molecule has 0 aliphatic heterocycles. The van der Waals surface area contributed by atoms with Crippen molar-refractivity contribution >= 4 is 28.5 Å². The van der Waals surface area contributed by atoms with E-state index < -0.39 is 0 Å². The maximum atomic E-state index is 9.80. The molecule has 0 aliphatic carbocycles. The van der Waals surface area contributed by atoms with Gasteiger partial charge >= 0.3 is 0 Å². The Kier molecular flexibility index (Phi) is 4.56. The average Bonchev–Trinajstić information content (AvgIpc) is 3.05. The van der Waals surface area contributed by atoms with Gasteiger partial charge in [-0.1, -0.05) is 72.3 Å². The van der Waals surface area contributed by atoms with Crippen LogP contribution in [0, 0.1) is 0 Å². The number of halogens is 1. The lowest BCUT2D eigenvalue weighted by Gasteiger charge is -2.17. The maximum absolute atomic E-state index is 9.80. The summed E-state index contributed by atoms with van der Waals surface area (Å²) in [6.07, 6.45) is 1.42. The van der Waals surface area contributed by atoms with E-state index in [0.29, 0.717) is 27.7 Å². The first-order valence-electron chi connectivity index (χ1n) is 8.18. The minimum Gasteiger partial charge on any atom is -0.436 e. The number of hydrogen-bond donors (Lipinski definition) is 2. The van der Waals surface area contributed by atoms with Crippen molar-refractivity contribution in [2.45, 2.75) is 6.04 Å². The summed E-state index contributed by atoms with van der Waals surface area (Å²) >= 11 is 6.59. The van der Waals surface area contributed by atoms with Crippen LogP contribution in [-0.2, 0) is 0 Å². The van der Waals surface area contributed by atoms with E-state index >= 15 is 0 Å². The van der Waals surface area contributed by atoms with Gasteiger partial charge in [-0.3, -0.25) is 0 Å². The van der Waals surface area contributed by atoms with Gasteiger partial charge in [-0.25, -0.2) is 9.97 Å². The minimum atomic E-state index is -0.319. The quantitative estimate of drug-likeness (QED) is 0.537. The lowest BCUT2D eigenvalue weighted by Crippen LogP contribution is -2.15. The minimum absolute atomic E-state index is 0.0868. The van der Waals surface area contributed by atoms with Crippen LogP contribution in [0.1, 0.15) is 11.6 Å². The largest absolute Gasteiger partial charge is 0.436 e. The summed E-state index contributed by atoms with van der Waals surface area (Å²) in [5.74, 6) is 1.07. The molecular weight excluding hydrogens is 350 g/mol. The second-order valence-corrected chi connectivity index (χ2v) is 6.18. The Bertz CT molecular complexity index is 1020. The summed E-state index contributed by atoms with van der Waals surface area (Å²) in [5, 5.41) is 14.1. The van der Waals surface area contributed by atoms with Crippen LogP contribution in [-0.4, -0.2) is 21.7 Å². The molecule has 4 rings (SSSR count). The lowest BCUT2D eigenvalue weighted by molar-refractivity contribution is 0.276. The zero-order valence-corrected chi connectivity index (χ0v) is 14.5. The van der Waals surface area contributed by atoms with E-state index in [-0.39, 0.29) is 12.6 Å². The van der Waals surface area contributed by atoms with Crippen LogP contribution in [0.2, 0.25) is 5.02 Å². The molecule has 130 valence electrons. The van der Waals surface area contributed by atoms with E-state index in [1.165, 1.54) is 6.33 Å². The predicted molar refractivity (Wildman–Crippen MR) is 102 cm³/mol. The molecule has 1 atom stereocenters. The molecule has 0 bridgehead atoms. The number of aromatic nitrogens is 2. The smallest absolute Gasteiger partial charge is 0.233 e. The zero-order chi connectivity index (χ0) is 17.9. The van der Waals surface area contributed by atoms with Crippen molar-refractivity contribution < 1.29 is 9.52 Å². The third kappa shape index (κ3) is 3.03. The molecule has 2 aromatic carbocycles. The van der Waals surface area contributed by atoms with E-state index in [2.05, 4.69) is 15.3 Å². The second kappa shape index (κ2) is 7.15. The fourth-order valence-corrected chi connectivity index (χ4v) is 3.19. The molecule has 6 heteroatoms. The molecule has 0 spiro atoms. The highest BCUT2D eigenvalue weighted by Gasteiger charge is 2.21. The Morgan fingerprint density at radius 3 is 2.38 bits per heavy atom. The van der Waals surface area contributed by atoms with Crippen molar-refractivity contribution in [3.05, 3.63) is 77.6 Å². The Labute approximate surface area is 155 Å². The molecule has 2 N–H and O–H groups in total. The number of aliphatic hydroxyl groups excluding tert-OH is 1. The number of fused-ring (bicyclic) bond motifs is 1. The molecule has 26 heavy (non-hydrogen) atoms. The summed E-state index contributed by atoms with van der Waals surface area (Å²) in [6, 6.07) is 19.0. The molecule has 4 aromatic rings. The molecule has 0 saturated heterocycles. The molecule has 5 nitrogen and oxygen atoms in total. The first-order valence-corrected chi connectivity index (χ1v) is 8.56. The van der Waals surface area contributed by atoms with Gasteiger partial charge < -0.3 is 14.8 Å². The Balaban J connectivity index is 1.77. The van der Waals surface area contributed by atoms with E-state index in [1.807, 2.05) is 60.7 Å². The van der Waals surface area contributed by atoms with Gasteiger partial charge in [0, 0.05) is 5.56 Å². The monoisotopic (exact) mass is 365 g/mol. The first-order chi connectivity index (χ1) is 12.8. The number of hydrogen-bond acceptors (Lipinski definition) is 5. The summed E-state index contributed by atoms with van der Waals surface area (Å²) in [6.45, 7) is -0.0868. The zero-order valence-electron chi connectivity index (χ0n) is 13.8. The van der Waals surface area contributed by atoms with Gasteiger partial charge in [-0.2, -0.15) is 0 Å². The highest BCUT2D eigenvalue weighted by atomic mass is 35.5. The van der Waals surface area contributed by atoms with Crippen molar-refractivity contribution in [1.29, 1.82) is 0 Å². The van der Waals surface area contributed by atoms with E-state index in [1.54, 1.807) is 0 Å². The highest BCUT2D eigenvalue weighted by Crippen LogP contribution is 2.39. The number of nitrogens with one attached hydrogen (secondary N) is 1.